The second-order valence-corrected chi connectivity index (χ2v) is 3.43. The standard InChI is InChI=1S/C13H9NO2/c14-8-9-1-3-10(4-2-9)11-5-12(15)7-13(16)6-11/h1-7,15-16H. The minimum atomic E-state index is 0.0133. The zero-order valence-electron chi connectivity index (χ0n) is 8.38. The van der Waals surface area contributed by atoms with E-state index >= 15 is 0 Å². The minimum absolute atomic E-state index is 0.0133. The van der Waals surface area contributed by atoms with Gasteiger partial charge in [0.25, 0.3) is 0 Å². The molecule has 2 aromatic carbocycles. The Kier molecular flexibility index (Phi) is 2.49. The van der Waals surface area contributed by atoms with Crippen LogP contribution in [0.4, 0.5) is 0 Å². The van der Waals surface area contributed by atoms with Crippen LogP contribution in [0.1, 0.15) is 5.56 Å². The molecular formula is C13H9NO2. The van der Waals surface area contributed by atoms with E-state index in [1.165, 1.54) is 6.07 Å². The van der Waals surface area contributed by atoms with Crippen molar-refractivity contribution < 1.29 is 10.2 Å². The average Bonchev–Trinajstić information content (AvgIpc) is 2.28. The van der Waals surface area contributed by atoms with Gasteiger partial charge in [-0.15, -0.1) is 0 Å². The Morgan fingerprint density at radius 2 is 1.38 bits per heavy atom. The van der Waals surface area contributed by atoms with Crippen LogP contribution in [0.2, 0.25) is 0 Å². The zero-order chi connectivity index (χ0) is 11.5. The highest BCUT2D eigenvalue weighted by atomic mass is 16.3. The van der Waals surface area contributed by atoms with Crippen LogP contribution in [-0.4, -0.2) is 10.2 Å². The summed E-state index contributed by atoms with van der Waals surface area (Å²) in [6.45, 7) is 0. The van der Waals surface area contributed by atoms with E-state index in [4.69, 9.17) is 5.26 Å². The predicted molar refractivity (Wildman–Crippen MR) is 59.9 cm³/mol. The number of rotatable bonds is 1. The molecule has 0 amide bonds. The molecule has 0 aliphatic carbocycles. The lowest BCUT2D eigenvalue weighted by molar-refractivity contribution is 0.451. The van der Waals surface area contributed by atoms with Gasteiger partial charge in [0.1, 0.15) is 11.5 Å². The van der Waals surface area contributed by atoms with Gasteiger partial charge >= 0.3 is 0 Å². The third-order valence-electron chi connectivity index (χ3n) is 2.25. The van der Waals surface area contributed by atoms with E-state index in [0.29, 0.717) is 11.1 Å². The molecule has 0 fully saturated rings. The number of benzene rings is 2. The van der Waals surface area contributed by atoms with Crippen LogP contribution in [0.15, 0.2) is 42.5 Å². The summed E-state index contributed by atoms with van der Waals surface area (Å²) in [6, 6.07) is 13.3. The largest absolute Gasteiger partial charge is 0.508 e. The summed E-state index contributed by atoms with van der Waals surface area (Å²) in [6.07, 6.45) is 0. The van der Waals surface area contributed by atoms with E-state index in [-0.39, 0.29) is 11.5 Å². The molecule has 2 rings (SSSR count). The Labute approximate surface area is 92.8 Å². The van der Waals surface area contributed by atoms with Crippen molar-refractivity contribution >= 4 is 0 Å². The van der Waals surface area contributed by atoms with Gasteiger partial charge in [0, 0.05) is 6.07 Å². The highest BCUT2D eigenvalue weighted by molar-refractivity contribution is 5.67. The van der Waals surface area contributed by atoms with Crippen molar-refractivity contribution in [2.75, 3.05) is 0 Å². The molecule has 0 aromatic heterocycles. The molecule has 0 spiro atoms. The van der Waals surface area contributed by atoms with E-state index in [9.17, 15) is 10.2 Å². The molecule has 0 aliphatic rings. The molecule has 0 aliphatic heterocycles. The first-order valence-corrected chi connectivity index (χ1v) is 4.72. The van der Waals surface area contributed by atoms with Crippen molar-refractivity contribution in [1.82, 2.24) is 0 Å². The summed E-state index contributed by atoms with van der Waals surface area (Å²) in [5, 5.41) is 27.3. The summed E-state index contributed by atoms with van der Waals surface area (Å²) < 4.78 is 0. The van der Waals surface area contributed by atoms with Gasteiger partial charge in [-0.2, -0.15) is 5.26 Å². The van der Waals surface area contributed by atoms with Crippen LogP contribution < -0.4 is 0 Å². The lowest BCUT2D eigenvalue weighted by Crippen LogP contribution is -1.79. The molecule has 3 nitrogen and oxygen atoms in total. The third kappa shape index (κ3) is 1.96. The molecule has 2 aromatic rings. The van der Waals surface area contributed by atoms with E-state index < -0.39 is 0 Å². The number of hydrogen-bond donors (Lipinski definition) is 2. The first kappa shape index (κ1) is 10.1. The SMILES string of the molecule is N#Cc1ccc(-c2cc(O)cc(O)c2)cc1. The highest BCUT2D eigenvalue weighted by Crippen LogP contribution is 2.28. The second-order valence-electron chi connectivity index (χ2n) is 3.43. The van der Waals surface area contributed by atoms with Gasteiger partial charge in [-0.05, 0) is 35.4 Å². The van der Waals surface area contributed by atoms with E-state index in [0.717, 1.165) is 5.56 Å². The topological polar surface area (TPSA) is 64.2 Å². The van der Waals surface area contributed by atoms with Gasteiger partial charge in [0.05, 0.1) is 11.6 Å². The number of hydrogen-bond acceptors (Lipinski definition) is 3. The van der Waals surface area contributed by atoms with E-state index in [1.807, 2.05) is 6.07 Å². The first-order valence-electron chi connectivity index (χ1n) is 4.72. The Morgan fingerprint density at radius 1 is 0.812 bits per heavy atom. The molecule has 0 atom stereocenters. The van der Waals surface area contributed by atoms with E-state index in [2.05, 4.69) is 0 Å². The molecule has 2 N–H and O–H groups in total. The fourth-order valence-corrected chi connectivity index (χ4v) is 1.50. The fourth-order valence-electron chi connectivity index (χ4n) is 1.50. The summed E-state index contributed by atoms with van der Waals surface area (Å²) in [5.74, 6) is 0.0266. The van der Waals surface area contributed by atoms with Gasteiger partial charge in [-0.1, -0.05) is 12.1 Å². The summed E-state index contributed by atoms with van der Waals surface area (Å²) >= 11 is 0. The zero-order valence-corrected chi connectivity index (χ0v) is 8.38. The Morgan fingerprint density at radius 3 is 1.88 bits per heavy atom. The van der Waals surface area contributed by atoms with Gasteiger partial charge in [-0.25, -0.2) is 0 Å². The van der Waals surface area contributed by atoms with Crippen LogP contribution in [0.5, 0.6) is 11.5 Å². The van der Waals surface area contributed by atoms with Crippen LogP contribution in [0, 0.1) is 11.3 Å². The summed E-state index contributed by atoms with van der Waals surface area (Å²) in [5.41, 5.74) is 2.13. The van der Waals surface area contributed by atoms with Crippen molar-refractivity contribution in [3.05, 3.63) is 48.0 Å². The first-order chi connectivity index (χ1) is 7.69. The number of nitriles is 1. The van der Waals surface area contributed by atoms with Crippen molar-refractivity contribution in [3.63, 3.8) is 0 Å². The maximum atomic E-state index is 9.34. The van der Waals surface area contributed by atoms with Crippen LogP contribution in [-0.2, 0) is 0 Å². The molecule has 0 unspecified atom stereocenters. The van der Waals surface area contributed by atoms with Gasteiger partial charge in [-0.3, -0.25) is 0 Å². The Hall–Kier alpha value is -2.47. The number of phenolic OH excluding ortho intramolecular Hbond substituents is 2. The van der Waals surface area contributed by atoms with Crippen LogP contribution in [0.25, 0.3) is 11.1 Å². The number of phenols is 2. The Bertz CT molecular complexity index is 533. The highest BCUT2D eigenvalue weighted by Gasteiger charge is 2.02. The van der Waals surface area contributed by atoms with Gasteiger partial charge in [0.15, 0.2) is 0 Å². The maximum Gasteiger partial charge on any atom is 0.119 e. The summed E-state index contributed by atoms with van der Waals surface area (Å²) in [4.78, 5) is 0. The van der Waals surface area contributed by atoms with Crippen molar-refractivity contribution in [2.24, 2.45) is 0 Å². The van der Waals surface area contributed by atoms with E-state index in [1.54, 1.807) is 36.4 Å². The molecule has 3 heteroatoms. The molecular weight excluding hydrogens is 202 g/mol. The van der Waals surface area contributed by atoms with Crippen molar-refractivity contribution in [3.8, 4) is 28.7 Å². The number of nitrogens with zero attached hydrogens (tertiary/aromatic N) is 1. The quantitative estimate of drug-likeness (QED) is 0.762. The molecule has 0 heterocycles. The third-order valence-corrected chi connectivity index (χ3v) is 2.25. The molecule has 0 saturated carbocycles. The van der Waals surface area contributed by atoms with Crippen molar-refractivity contribution in [1.29, 1.82) is 5.26 Å². The Balaban J connectivity index is 2.47. The van der Waals surface area contributed by atoms with Crippen molar-refractivity contribution in [2.45, 2.75) is 0 Å². The minimum Gasteiger partial charge on any atom is -0.508 e. The molecule has 0 bridgehead atoms. The monoisotopic (exact) mass is 211 g/mol. The molecule has 0 radical (unpaired) electrons. The predicted octanol–water partition coefficient (Wildman–Crippen LogP) is 2.64. The molecule has 0 saturated heterocycles. The molecule has 78 valence electrons. The fraction of sp³-hybridized carbons (Fsp3) is 0. The molecule has 16 heavy (non-hydrogen) atoms. The van der Waals surface area contributed by atoms with Crippen LogP contribution >= 0.6 is 0 Å². The number of aromatic hydroxyl groups is 2. The van der Waals surface area contributed by atoms with Gasteiger partial charge in [0.2, 0.25) is 0 Å². The summed E-state index contributed by atoms with van der Waals surface area (Å²) in [7, 11) is 0. The lowest BCUT2D eigenvalue weighted by atomic mass is 10.0. The smallest absolute Gasteiger partial charge is 0.119 e. The lowest BCUT2D eigenvalue weighted by Gasteiger charge is -2.03. The van der Waals surface area contributed by atoms with Crippen LogP contribution in [0.3, 0.4) is 0 Å². The maximum absolute atomic E-state index is 9.34. The second kappa shape index (κ2) is 3.95. The van der Waals surface area contributed by atoms with Gasteiger partial charge < -0.3 is 10.2 Å². The average molecular weight is 211 g/mol. The normalized spacial score (nSPS) is 9.69.